The lowest BCUT2D eigenvalue weighted by Gasteiger charge is -2.15. The van der Waals surface area contributed by atoms with Crippen LogP contribution in [0.2, 0.25) is 0 Å². The highest BCUT2D eigenvalue weighted by Gasteiger charge is 2.10. The molecule has 0 aromatic carbocycles. The minimum Gasteiger partial charge on any atom is -0.419 e. The lowest BCUT2D eigenvalue weighted by Crippen LogP contribution is -2.23. The van der Waals surface area contributed by atoms with Crippen molar-refractivity contribution in [2.24, 2.45) is 0 Å². The largest absolute Gasteiger partial charge is 0.419 e. The Bertz CT molecular complexity index is 720. The van der Waals surface area contributed by atoms with Gasteiger partial charge in [0.05, 0.1) is 12.1 Å². The molecule has 3 aromatic heterocycles. The summed E-state index contributed by atoms with van der Waals surface area (Å²) in [7, 11) is 2.03. The minimum absolute atomic E-state index is 0.502. The van der Waals surface area contributed by atoms with Crippen molar-refractivity contribution < 1.29 is 4.42 Å². The van der Waals surface area contributed by atoms with E-state index in [-0.39, 0.29) is 0 Å². The monoisotopic (exact) mass is 298 g/mol. The molecule has 0 N–H and O–H groups in total. The highest BCUT2D eigenvalue weighted by molar-refractivity contribution is 5.49. The number of imidazole rings is 1. The van der Waals surface area contributed by atoms with Gasteiger partial charge in [-0.2, -0.15) is 0 Å². The smallest absolute Gasteiger partial charge is 0.249 e. The molecule has 0 aliphatic heterocycles. The summed E-state index contributed by atoms with van der Waals surface area (Å²) >= 11 is 0. The molecular weight excluding hydrogens is 280 g/mol. The van der Waals surface area contributed by atoms with Gasteiger partial charge in [-0.3, -0.25) is 9.88 Å². The van der Waals surface area contributed by atoms with Crippen LogP contribution >= 0.6 is 0 Å². The maximum absolute atomic E-state index is 5.68. The van der Waals surface area contributed by atoms with Crippen LogP contribution in [0.5, 0.6) is 0 Å². The molecule has 0 radical (unpaired) electrons. The SMILES string of the molecule is Cc1nccn1CCN(C)Cc1nnc(-c2cccnc2)o1. The first-order valence-corrected chi connectivity index (χ1v) is 7.11. The lowest BCUT2D eigenvalue weighted by molar-refractivity contribution is 0.278. The van der Waals surface area contributed by atoms with Crippen molar-refractivity contribution in [3.05, 3.63) is 48.6 Å². The van der Waals surface area contributed by atoms with Gasteiger partial charge in [-0.1, -0.05) is 0 Å². The van der Waals surface area contributed by atoms with Crippen LogP contribution in [0.4, 0.5) is 0 Å². The van der Waals surface area contributed by atoms with E-state index in [0.29, 0.717) is 18.3 Å². The molecule has 0 saturated heterocycles. The minimum atomic E-state index is 0.502. The summed E-state index contributed by atoms with van der Waals surface area (Å²) in [6.07, 6.45) is 7.22. The Morgan fingerprint density at radius 1 is 1.27 bits per heavy atom. The average molecular weight is 298 g/mol. The summed E-state index contributed by atoms with van der Waals surface area (Å²) in [4.78, 5) is 10.4. The summed E-state index contributed by atoms with van der Waals surface area (Å²) in [6.45, 7) is 4.37. The molecule has 3 rings (SSSR count). The van der Waals surface area contributed by atoms with Gasteiger partial charge in [0.2, 0.25) is 11.8 Å². The van der Waals surface area contributed by atoms with Gasteiger partial charge in [0.15, 0.2) is 0 Å². The van der Waals surface area contributed by atoms with Crippen molar-refractivity contribution in [2.45, 2.75) is 20.0 Å². The Morgan fingerprint density at radius 3 is 2.91 bits per heavy atom. The van der Waals surface area contributed by atoms with E-state index >= 15 is 0 Å². The van der Waals surface area contributed by atoms with Crippen LogP contribution in [0.3, 0.4) is 0 Å². The number of nitrogens with zero attached hydrogens (tertiary/aromatic N) is 6. The van der Waals surface area contributed by atoms with Gasteiger partial charge in [0, 0.05) is 37.9 Å². The standard InChI is InChI=1S/C15H18N6O/c1-12-17-6-7-21(12)9-8-20(2)11-14-18-19-15(22-14)13-4-3-5-16-10-13/h3-7,10H,8-9,11H2,1-2H3. The summed E-state index contributed by atoms with van der Waals surface area (Å²) in [5.74, 6) is 2.12. The zero-order valence-corrected chi connectivity index (χ0v) is 12.7. The fourth-order valence-electron chi connectivity index (χ4n) is 2.15. The maximum atomic E-state index is 5.68. The van der Waals surface area contributed by atoms with Crippen LogP contribution in [-0.4, -0.2) is 43.2 Å². The van der Waals surface area contributed by atoms with Crippen molar-refractivity contribution in [1.82, 2.24) is 29.6 Å². The Labute approximate surface area is 128 Å². The van der Waals surface area contributed by atoms with Crippen LogP contribution in [0.25, 0.3) is 11.5 Å². The fraction of sp³-hybridized carbons (Fsp3) is 0.333. The van der Waals surface area contributed by atoms with E-state index < -0.39 is 0 Å². The molecule has 0 saturated carbocycles. The van der Waals surface area contributed by atoms with E-state index in [1.165, 1.54) is 0 Å². The molecule has 114 valence electrons. The Morgan fingerprint density at radius 2 is 2.18 bits per heavy atom. The quantitative estimate of drug-likeness (QED) is 0.690. The Kier molecular flexibility index (Phi) is 4.24. The molecule has 3 aromatic rings. The molecule has 0 aliphatic rings. The van der Waals surface area contributed by atoms with E-state index in [2.05, 4.69) is 29.6 Å². The van der Waals surface area contributed by atoms with Crippen LogP contribution in [0.15, 0.2) is 41.3 Å². The maximum Gasteiger partial charge on any atom is 0.249 e. The fourth-order valence-corrected chi connectivity index (χ4v) is 2.15. The number of hydrogen-bond donors (Lipinski definition) is 0. The van der Waals surface area contributed by atoms with Gasteiger partial charge in [-0.05, 0) is 26.1 Å². The summed E-state index contributed by atoms with van der Waals surface area (Å²) < 4.78 is 7.79. The zero-order chi connectivity index (χ0) is 15.4. The molecule has 0 spiro atoms. The number of rotatable bonds is 6. The molecule has 0 atom stereocenters. The van der Waals surface area contributed by atoms with Gasteiger partial charge in [-0.25, -0.2) is 4.98 Å². The summed E-state index contributed by atoms with van der Waals surface area (Å²) in [6, 6.07) is 3.74. The van der Waals surface area contributed by atoms with Gasteiger partial charge in [0.25, 0.3) is 0 Å². The molecule has 0 amide bonds. The van der Waals surface area contributed by atoms with E-state index in [9.17, 15) is 0 Å². The molecule has 0 bridgehead atoms. The third-order valence-electron chi connectivity index (χ3n) is 3.43. The number of aryl methyl sites for hydroxylation is 1. The first-order valence-electron chi connectivity index (χ1n) is 7.11. The number of pyridine rings is 1. The third-order valence-corrected chi connectivity index (χ3v) is 3.43. The van der Waals surface area contributed by atoms with Crippen molar-refractivity contribution >= 4 is 0 Å². The van der Waals surface area contributed by atoms with E-state index in [4.69, 9.17) is 4.42 Å². The summed E-state index contributed by atoms with van der Waals surface area (Å²) in [5, 5.41) is 8.15. The normalized spacial score (nSPS) is 11.2. The van der Waals surface area contributed by atoms with Crippen LogP contribution in [-0.2, 0) is 13.1 Å². The predicted octanol–water partition coefficient (Wildman–Crippen LogP) is 1.77. The number of aromatic nitrogens is 5. The molecule has 0 unspecified atom stereocenters. The lowest BCUT2D eigenvalue weighted by atomic mass is 10.3. The van der Waals surface area contributed by atoms with Crippen LogP contribution in [0.1, 0.15) is 11.7 Å². The van der Waals surface area contributed by atoms with Crippen molar-refractivity contribution in [1.29, 1.82) is 0 Å². The van der Waals surface area contributed by atoms with Gasteiger partial charge in [-0.15, -0.1) is 10.2 Å². The predicted molar refractivity (Wildman–Crippen MR) is 80.8 cm³/mol. The molecule has 7 heteroatoms. The van der Waals surface area contributed by atoms with E-state index in [0.717, 1.165) is 24.5 Å². The third kappa shape index (κ3) is 3.37. The first-order chi connectivity index (χ1) is 10.7. The zero-order valence-electron chi connectivity index (χ0n) is 12.7. The van der Waals surface area contributed by atoms with Crippen LogP contribution < -0.4 is 0 Å². The highest BCUT2D eigenvalue weighted by atomic mass is 16.4. The molecular formula is C15H18N6O. The molecule has 3 heterocycles. The Hall–Kier alpha value is -2.54. The molecule has 7 nitrogen and oxygen atoms in total. The van der Waals surface area contributed by atoms with E-state index in [1.54, 1.807) is 12.4 Å². The topological polar surface area (TPSA) is 72.9 Å². The van der Waals surface area contributed by atoms with Gasteiger partial charge < -0.3 is 8.98 Å². The van der Waals surface area contributed by atoms with E-state index in [1.807, 2.05) is 38.5 Å². The molecule has 0 aliphatic carbocycles. The van der Waals surface area contributed by atoms with Gasteiger partial charge >= 0.3 is 0 Å². The molecule has 0 fully saturated rings. The highest BCUT2D eigenvalue weighted by Crippen LogP contribution is 2.16. The Balaban J connectivity index is 1.57. The van der Waals surface area contributed by atoms with Crippen molar-refractivity contribution in [2.75, 3.05) is 13.6 Å². The summed E-state index contributed by atoms with van der Waals surface area (Å²) in [5.41, 5.74) is 0.831. The number of hydrogen-bond acceptors (Lipinski definition) is 6. The second-order valence-corrected chi connectivity index (χ2v) is 5.15. The average Bonchev–Trinajstić information content (AvgIpc) is 3.15. The van der Waals surface area contributed by atoms with Crippen molar-refractivity contribution in [3.63, 3.8) is 0 Å². The van der Waals surface area contributed by atoms with Gasteiger partial charge in [0.1, 0.15) is 5.82 Å². The first kappa shape index (κ1) is 14.4. The van der Waals surface area contributed by atoms with Crippen LogP contribution in [0, 0.1) is 6.92 Å². The van der Waals surface area contributed by atoms with Crippen molar-refractivity contribution in [3.8, 4) is 11.5 Å². The second kappa shape index (κ2) is 6.48. The molecule has 22 heavy (non-hydrogen) atoms. The number of likely N-dealkylation sites (N-methyl/N-ethyl adjacent to an activating group) is 1. The second-order valence-electron chi connectivity index (χ2n) is 5.15.